The molecule has 1 fully saturated rings. The van der Waals surface area contributed by atoms with Crippen LogP contribution in [0.2, 0.25) is 0 Å². The van der Waals surface area contributed by atoms with Gasteiger partial charge in [-0.1, -0.05) is 15.9 Å². The molecule has 5 heteroatoms. The van der Waals surface area contributed by atoms with Gasteiger partial charge in [-0.05, 0) is 30.7 Å². The second kappa shape index (κ2) is 6.22. The van der Waals surface area contributed by atoms with Crippen molar-refractivity contribution < 1.29 is 14.6 Å². The van der Waals surface area contributed by atoms with E-state index in [4.69, 9.17) is 9.47 Å². The van der Waals surface area contributed by atoms with Gasteiger partial charge in [-0.15, -0.1) is 0 Å². The molecule has 106 valence electrons. The molecule has 1 aliphatic heterocycles. The summed E-state index contributed by atoms with van der Waals surface area (Å²) in [4.78, 5) is 0. The highest BCUT2D eigenvalue weighted by Crippen LogP contribution is 2.26. The molecule has 1 heterocycles. The average Bonchev–Trinajstić information content (AvgIpc) is 2.72. The van der Waals surface area contributed by atoms with E-state index in [9.17, 15) is 5.11 Å². The van der Waals surface area contributed by atoms with Gasteiger partial charge in [-0.2, -0.15) is 0 Å². The van der Waals surface area contributed by atoms with E-state index in [1.807, 2.05) is 25.1 Å². The molecule has 19 heavy (non-hydrogen) atoms. The molecule has 1 saturated heterocycles. The minimum absolute atomic E-state index is 0.117. The molecule has 0 radical (unpaired) electrons. The van der Waals surface area contributed by atoms with Crippen molar-refractivity contribution in [1.82, 2.24) is 5.32 Å². The quantitative estimate of drug-likeness (QED) is 0.868. The minimum atomic E-state index is -0.759. The number of halogens is 1. The van der Waals surface area contributed by atoms with Gasteiger partial charge in [0, 0.05) is 30.6 Å². The molecule has 0 amide bonds. The second-order valence-electron chi connectivity index (χ2n) is 4.93. The summed E-state index contributed by atoms with van der Waals surface area (Å²) in [6, 6.07) is 5.86. The van der Waals surface area contributed by atoms with Gasteiger partial charge in [0.15, 0.2) is 0 Å². The second-order valence-corrected chi connectivity index (χ2v) is 5.78. The fourth-order valence-electron chi connectivity index (χ4n) is 2.23. The van der Waals surface area contributed by atoms with Gasteiger partial charge in [0.05, 0.1) is 13.2 Å². The van der Waals surface area contributed by atoms with E-state index in [1.54, 1.807) is 7.11 Å². The van der Waals surface area contributed by atoms with Crippen LogP contribution in [0.4, 0.5) is 0 Å². The van der Waals surface area contributed by atoms with Crippen LogP contribution in [0.25, 0.3) is 0 Å². The summed E-state index contributed by atoms with van der Waals surface area (Å²) < 4.78 is 11.7. The predicted octanol–water partition coefficient (Wildman–Crippen LogP) is 2.09. The van der Waals surface area contributed by atoms with Crippen LogP contribution >= 0.6 is 15.9 Å². The van der Waals surface area contributed by atoms with Gasteiger partial charge in [0.1, 0.15) is 11.4 Å². The monoisotopic (exact) mass is 329 g/mol. The lowest BCUT2D eigenvalue weighted by Gasteiger charge is -2.26. The zero-order valence-electron chi connectivity index (χ0n) is 11.3. The molecule has 0 spiro atoms. The number of aliphatic hydroxyl groups is 1. The molecule has 2 rings (SSSR count). The molecule has 0 saturated carbocycles. The molecule has 2 N–H and O–H groups in total. The van der Waals surface area contributed by atoms with Crippen molar-refractivity contribution in [2.75, 3.05) is 20.3 Å². The van der Waals surface area contributed by atoms with E-state index >= 15 is 0 Å². The van der Waals surface area contributed by atoms with Crippen molar-refractivity contribution in [2.45, 2.75) is 31.6 Å². The third kappa shape index (κ3) is 3.48. The first-order chi connectivity index (χ1) is 9.05. The van der Waals surface area contributed by atoms with E-state index < -0.39 is 5.60 Å². The Morgan fingerprint density at radius 1 is 1.58 bits per heavy atom. The van der Waals surface area contributed by atoms with E-state index in [0.29, 0.717) is 26.1 Å². The number of benzene rings is 1. The smallest absolute Gasteiger partial charge is 0.119 e. The maximum Gasteiger partial charge on any atom is 0.119 e. The van der Waals surface area contributed by atoms with Crippen LogP contribution in [0.3, 0.4) is 0 Å². The number of ether oxygens (including phenoxy) is 2. The van der Waals surface area contributed by atoms with Crippen molar-refractivity contribution in [3.8, 4) is 5.75 Å². The fraction of sp³-hybridized carbons (Fsp3) is 0.571. The minimum Gasteiger partial charge on any atom is -0.497 e. The average molecular weight is 330 g/mol. The Balaban J connectivity index is 1.92. The summed E-state index contributed by atoms with van der Waals surface area (Å²) in [5.41, 5.74) is 0.347. The van der Waals surface area contributed by atoms with Crippen LogP contribution < -0.4 is 10.1 Å². The SMILES string of the molecule is COc1ccc(Br)c(CNCC2(O)CCOC2C)c1. The van der Waals surface area contributed by atoms with Crippen molar-refractivity contribution in [1.29, 1.82) is 0 Å². The van der Waals surface area contributed by atoms with E-state index in [1.165, 1.54) is 0 Å². The zero-order valence-corrected chi connectivity index (χ0v) is 12.9. The van der Waals surface area contributed by atoms with Gasteiger partial charge in [0.2, 0.25) is 0 Å². The molecule has 2 unspecified atom stereocenters. The third-order valence-corrected chi connectivity index (χ3v) is 4.43. The molecular weight excluding hydrogens is 310 g/mol. The first-order valence-corrected chi connectivity index (χ1v) is 7.21. The number of hydrogen-bond donors (Lipinski definition) is 2. The molecule has 0 bridgehead atoms. The topological polar surface area (TPSA) is 50.7 Å². The van der Waals surface area contributed by atoms with E-state index in [2.05, 4.69) is 21.2 Å². The van der Waals surface area contributed by atoms with Gasteiger partial charge in [-0.25, -0.2) is 0 Å². The predicted molar refractivity (Wildman–Crippen MR) is 77.4 cm³/mol. The molecule has 2 atom stereocenters. The summed E-state index contributed by atoms with van der Waals surface area (Å²) in [7, 11) is 1.65. The molecule has 0 aromatic heterocycles. The van der Waals surface area contributed by atoms with E-state index in [0.717, 1.165) is 15.8 Å². The highest BCUT2D eigenvalue weighted by molar-refractivity contribution is 9.10. The standard InChI is InChI=1S/C14H20BrNO3/c1-10-14(17,5-6-19-10)9-16-8-11-7-12(18-2)3-4-13(11)15/h3-4,7,10,16-17H,5-6,8-9H2,1-2H3. The Hall–Kier alpha value is -0.620. The van der Waals surface area contributed by atoms with Crippen LogP contribution in [0.5, 0.6) is 5.75 Å². The van der Waals surface area contributed by atoms with E-state index in [-0.39, 0.29) is 6.10 Å². The number of nitrogens with one attached hydrogen (secondary N) is 1. The Labute approximate surface area is 122 Å². The number of rotatable bonds is 5. The summed E-state index contributed by atoms with van der Waals surface area (Å²) in [6.07, 6.45) is 0.564. The molecule has 0 aliphatic carbocycles. The third-order valence-electron chi connectivity index (χ3n) is 3.66. The van der Waals surface area contributed by atoms with Crippen molar-refractivity contribution in [2.24, 2.45) is 0 Å². The largest absolute Gasteiger partial charge is 0.497 e. The van der Waals surface area contributed by atoms with Gasteiger partial charge >= 0.3 is 0 Å². The van der Waals surface area contributed by atoms with Crippen LogP contribution in [-0.2, 0) is 11.3 Å². The van der Waals surface area contributed by atoms with Crippen molar-refractivity contribution >= 4 is 15.9 Å². The Morgan fingerprint density at radius 3 is 3.00 bits per heavy atom. The lowest BCUT2D eigenvalue weighted by Crippen LogP contribution is -2.45. The first kappa shape index (κ1) is 14.8. The first-order valence-electron chi connectivity index (χ1n) is 6.42. The number of methoxy groups -OCH3 is 1. The van der Waals surface area contributed by atoms with Crippen LogP contribution in [0, 0.1) is 0 Å². The van der Waals surface area contributed by atoms with Crippen LogP contribution in [-0.4, -0.2) is 37.1 Å². The fourth-order valence-corrected chi connectivity index (χ4v) is 2.62. The molecular formula is C14H20BrNO3. The highest BCUT2D eigenvalue weighted by Gasteiger charge is 2.38. The van der Waals surface area contributed by atoms with Gasteiger partial charge in [0.25, 0.3) is 0 Å². The van der Waals surface area contributed by atoms with Gasteiger partial charge < -0.3 is 19.9 Å². The maximum absolute atomic E-state index is 10.4. The van der Waals surface area contributed by atoms with Crippen molar-refractivity contribution in [3.63, 3.8) is 0 Å². The van der Waals surface area contributed by atoms with Crippen LogP contribution in [0.1, 0.15) is 18.9 Å². The molecule has 4 nitrogen and oxygen atoms in total. The molecule has 1 aromatic rings. The number of hydrogen-bond acceptors (Lipinski definition) is 4. The van der Waals surface area contributed by atoms with Crippen LogP contribution in [0.15, 0.2) is 22.7 Å². The Bertz CT molecular complexity index is 441. The summed E-state index contributed by atoms with van der Waals surface area (Å²) in [6.45, 7) is 3.74. The van der Waals surface area contributed by atoms with Crippen molar-refractivity contribution in [3.05, 3.63) is 28.2 Å². The highest BCUT2D eigenvalue weighted by atomic mass is 79.9. The molecule has 1 aliphatic rings. The zero-order chi connectivity index (χ0) is 13.9. The Kier molecular flexibility index (Phi) is 4.84. The van der Waals surface area contributed by atoms with Gasteiger partial charge in [-0.3, -0.25) is 0 Å². The summed E-state index contributed by atoms with van der Waals surface area (Å²) in [5, 5.41) is 13.7. The molecule has 1 aromatic carbocycles. The lowest BCUT2D eigenvalue weighted by atomic mass is 9.96. The normalized spacial score (nSPS) is 26.6. The Morgan fingerprint density at radius 2 is 2.37 bits per heavy atom. The summed E-state index contributed by atoms with van der Waals surface area (Å²) >= 11 is 3.52. The lowest BCUT2D eigenvalue weighted by molar-refractivity contribution is -0.0263. The maximum atomic E-state index is 10.4. The summed E-state index contributed by atoms with van der Waals surface area (Å²) in [5.74, 6) is 0.830.